The summed E-state index contributed by atoms with van der Waals surface area (Å²) in [5, 5.41) is 3.88. The van der Waals surface area contributed by atoms with Gasteiger partial charge in [0.25, 0.3) is 0 Å². The van der Waals surface area contributed by atoms with Crippen molar-refractivity contribution in [2.45, 2.75) is 19.4 Å². The first-order chi connectivity index (χ1) is 8.20. The van der Waals surface area contributed by atoms with Gasteiger partial charge in [0.05, 0.1) is 6.04 Å². The van der Waals surface area contributed by atoms with Crippen LogP contribution in [0.4, 0.5) is 0 Å². The molecule has 1 aromatic carbocycles. The van der Waals surface area contributed by atoms with Crippen LogP contribution in [0.15, 0.2) is 28.8 Å². The summed E-state index contributed by atoms with van der Waals surface area (Å²) in [6, 6.07) is 7.47. The minimum Gasteiger partial charge on any atom is -0.337 e. The van der Waals surface area contributed by atoms with E-state index in [4.69, 9.17) is 16.7 Å². The number of nitrogens with zero attached hydrogens (tertiary/aromatic N) is 2. The van der Waals surface area contributed by atoms with Gasteiger partial charge in [-0.05, 0) is 6.92 Å². The van der Waals surface area contributed by atoms with Crippen LogP contribution in [0.2, 0.25) is 0 Å². The van der Waals surface area contributed by atoms with Crippen LogP contribution in [0.3, 0.4) is 0 Å². The largest absolute Gasteiger partial charge is 0.337 e. The number of hydrogen-bond donors (Lipinski definition) is 1. The van der Waals surface area contributed by atoms with Crippen molar-refractivity contribution in [3.05, 3.63) is 35.7 Å². The topological polar surface area (TPSA) is 64.9 Å². The molecule has 1 aromatic heterocycles. The molecule has 2 N–H and O–H groups in total. The minimum absolute atomic E-state index is 0.374. The third-order valence-corrected chi connectivity index (χ3v) is 2.41. The summed E-state index contributed by atoms with van der Waals surface area (Å²) in [4.78, 5) is 4.23. The van der Waals surface area contributed by atoms with Gasteiger partial charge in [-0.3, -0.25) is 0 Å². The molecular formula is C13H13N3O. The SMILES string of the molecule is C#CCC(N)c1nc(-c2ccc(C)cc2)no1. The number of aryl methyl sites for hydroxylation is 1. The van der Waals surface area contributed by atoms with Gasteiger partial charge in [-0.1, -0.05) is 35.0 Å². The molecule has 0 bridgehead atoms. The lowest BCUT2D eigenvalue weighted by atomic mass is 10.1. The van der Waals surface area contributed by atoms with Crippen molar-refractivity contribution in [3.8, 4) is 23.7 Å². The highest BCUT2D eigenvalue weighted by molar-refractivity contribution is 5.54. The first-order valence-corrected chi connectivity index (χ1v) is 5.30. The Morgan fingerprint density at radius 3 is 2.76 bits per heavy atom. The molecule has 2 rings (SSSR count). The van der Waals surface area contributed by atoms with Crippen LogP contribution in [0, 0.1) is 19.3 Å². The van der Waals surface area contributed by atoms with Crippen LogP contribution in [-0.2, 0) is 0 Å². The molecular weight excluding hydrogens is 214 g/mol. The molecule has 0 radical (unpaired) electrons. The summed E-state index contributed by atoms with van der Waals surface area (Å²) >= 11 is 0. The molecule has 0 aliphatic rings. The Morgan fingerprint density at radius 1 is 1.41 bits per heavy atom. The summed E-state index contributed by atoms with van der Waals surface area (Å²) in [6.07, 6.45) is 5.57. The smallest absolute Gasteiger partial charge is 0.244 e. The molecule has 2 aromatic rings. The number of hydrogen-bond acceptors (Lipinski definition) is 4. The van der Waals surface area contributed by atoms with Crippen molar-refractivity contribution >= 4 is 0 Å². The zero-order chi connectivity index (χ0) is 12.3. The molecule has 0 fully saturated rings. The summed E-state index contributed by atoms with van der Waals surface area (Å²) in [7, 11) is 0. The first kappa shape index (κ1) is 11.4. The predicted octanol–water partition coefficient (Wildman–Crippen LogP) is 2.07. The lowest BCUT2D eigenvalue weighted by molar-refractivity contribution is 0.357. The molecule has 0 saturated carbocycles. The quantitative estimate of drug-likeness (QED) is 0.815. The van der Waals surface area contributed by atoms with Crippen LogP contribution < -0.4 is 5.73 Å². The highest BCUT2D eigenvalue weighted by Crippen LogP contribution is 2.19. The van der Waals surface area contributed by atoms with E-state index in [-0.39, 0.29) is 0 Å². The molecule has 0 spiro atoms. The van der Waals surface area contributed by atoms with E-state index in [1.165, 1.54) is 5.56 Å². The van der Waals surface area contributed by atoms with Crippen LogP contribution >= 0.6 is 0 Å². The first-order valence-electron chi connectivity index (χ1n) is 5.30. The van der Waals surface area contributed by atoms with Gasteiger partial charge in [-0.2, -0.15) is 4.98 Å². The summed E-state index contributed by atoms with van der Waals surface area (Å²) in [5.41, 5.74) is 7.87. The fourth-order valence-electron chi connectivity index (χ4n) is 1.42. The van der Waals surface area contributed by atoms with Gasteiger partial charge in [0.2, 0.25) is 11.7 Å². The van der Waals surface area contributed by atoms with Crippen LogP contribution in [-0.4, -0.2) is 10.1 Å². The number of aromatic nitrogens is 2. The van der Waals surface area contributed by atoms with Gasteiger partial charge < -0.3 is 10.3 Å². The maximum Gasteiger partial charge on any atom is 0.244 e. The predicted molar refractivity (Wildman–Crippen MR) is 64.8 cm³/mol. The lowest BCUT2D eigenvalue weighted by Crippen LogP contribution is -2.09. The molecule has 4 heteroatoms. The molecule has 0 aliphatic heterocycles. The van der Waals surface area contributed by atoms with E-state index in [9.17, 15) is 0 Å². The highest BCUT2D eigenvalue weighted by Gasteiger charge is 2.14. The third kappa shape index (κ3) is 2.52. The van der Waals surface area contributed by atoms with Crippen molar-refractivity contribution in [2.24, 2.45) is 5.73 Å². The van der Waals surface area contributed by atoms with Gasteiger partial charge in [-0.25, -0.2) is 0 Å². The van der Waals surface area contributed by atoms with Gasteiger partial charge in [0.15, 0.2) is 0 Å². The molecule has 86 valence electrons. The second-order valence-corrected chi connectivity index (χ2v) is 3.84. The number of benzene rings is 1. The second kappa shape index (κ2) is 4.81. The molecule has 1 unspecified atom stereocenters. The van der Waals surface area contributed by atoms with Crippen LogP contribution in [0.25, 0.3) is 11.4 Å². The van der Waals surface area contributed by atoms with Crippen molar-refractivity contribution in [2.75, 3.05) is 0 Å². The highest BCUT2D eigenvalue weighted by atomic mass is 16.5. The Hall–Kier alpha value is -2.12. The van der Waals surface area contributed by atoms with E-state index in [0.717, 1.165) is 5.56 Å². The molecule has 0 amide bonds. The Labute approximate surface area is 99.8 Å². The van der Waals surface area contributed by atoms with Crippen LogP contribution in [0.1, 0.15) is 23.9 Å². The van der Waals surface area contributed by atoms with E-state index in [1.807, 2.05) is 31.2 Å². The third-order valence-electron chi connectivity index (χ3n) is 2.41. The molecule has 1 heterocycles. The molecule has 0 aliphatic carbocycles. The zero-order valence-corrected chi connectivity index (χ0v) is 9.55. The standard InChI is InChI=1S/C13H13N3O/c1-3-4-11(14)13-15-12(16-17-13)10-7-5-9(2)6-8-10/h1,5-8,11H,4,14H2,2H3. The summed E-state index contributed by atoms with van der Waals surface area (Å²) in [6.45, 7) is 2.02. The van der Waals surface area contributed by atoms with Crippen molar-refractivity contribution in [3.63, 3.8) is 0 Å². The van der Waals surface area contributed by atoms with E-state index in [1.54, 1.807) is 0 Å². The average Bonchev–Trinajstić information content (AvgIpc) is 2.80. The summed E-state index contributed by atoms with van der Waals surface area (Å²) < 4.78 is 5.08. The maximum absolute atomic E-state index is 5.78. The van der Waals surface area contributed by atoms with E-state index >= 15 is 0 Å². The normalized spacial score (nSPS) is 12.1. The number of rotatable bonds is 3. The zero-order valence-electron chi connectivity index (χ0n) is 9.55. The fourth-order valence-corrected chi connectivity index (χ4v) is 1.42. The van der Waals surface area contributed by atoms with Crippen molar-refractivity contribution in [1.29, 1.82) is 0 Å². The maximum atomic E-state index is 5.78. The van der Waals surface area contributed by atoms with Gasteiger partial charge in [0, 0.05) is 12.0 Å². The van der Waals surface area contributed by atoms with Gasteiger partial charge >= 0.3 is 0 Å². The minimum atomic E-state index is -0.397. The Morgan fingerprint density at radius 2 is 2.12 bits per heavy atom. The summed E-state index contributed by atoms with van der Waals surface area (Å²) in [5.74, 6) is 3.38. The second-order valence-electron chi connectivity index (χ2n) is 3.84. The molecule has 1 atom stereocenters. The van der Waals surface area contributed by atoms with Gasteiger partial charge in [-0.15, -0.1) is 12.3 Å². The molecule has 0 saturated heterocycles. The van der Waals surface area contributed by atoms with E-state index in [0.29, 0.717) is 18.1 Å². The van der Waals surface area contributed by atoms with Gasteiger partial charge in [0.1, 0.15) is 0 Å². The fraction of sp³-hybridized carbons (Fsp3) is 0.231. The van der Waals surface area contributed by atoms with E-state index < -0.39 is 6.04 Å². The number of nitrogens with two attached hydrogens (primary N) is 1. The monoisotopic (exact) mass is 227 g/mol. The molecule has 4 nitrogen and oxygen atoms in total. The molecule has 17 heavy (non-hydrogen) atoms. The van der Waals surface area contributed by atoms with E-state index in [2.05, 4.69) is 16.1 Å². The van der Waals surface area contributed by atoms with Crippen LogP contribution in [0.5, 0.6) is 0 Å². The van der Waals surface area contributed by atoms with Crippen molar-refractivity contribution in [1.82, 2.24) is 10.1 Å². The average molecular weight is 227 g/mol. The lowest BCUT2D eigenvalue weighted by Gasteiger charge is -1.99. The Balaban J connectivity index is 2.24. The Bertz CT molecular complexity index is 537. The Kier molecular flexibility index (Phi) is 3.22. The van der Waals surface area contributed by atoms with Crippen molar-refractivity contribution < 1.29 is 4.52 Å². The number of terminal acetylenes is 1.